The van der Waals surface area contributed by atoms with Crippen molar-refractivity contribution >= 4 is 5.91 Å². The maximum Gasteiger partial charge on any atom is 0.241 e. The number of nitrogens with two attached hydrogens (primary N) is 1. The molecule has 94 valence electrons. The highest BCUT2D eigenvalue weighted by atomic mass is 16.5. The normalized spacial score (nSPS) is 18.4. The minimum Gasteiger partial charge on any atom is -0.379 e. The van der Waals surface area contributed by atoms with E-state index in [1.807, 2.05) is 18.9 Å². The highest BCUT2D eigenvalue weighted by Gasteiger charge is 2.34. The Morgan fingerprint density at radius 2 is 1.94 bits per heavy atom. The predicted octanol–water partition coefficient (Wildman–Crippen LogP) is 0.115. The fourth-order valence-electron chi connectivity index (χ4n) is 1.89. The van der Waals surface area contributed by atoms with E-state index in [4.69, 9.17) is 10.5 Å². The number of carbonyl (C=O) groups is 1. The van der Waals surface area contributed by atoms with Crippen LogP contribution in [0.15, 0.2) is 0 Å². The van der Waals surface area contributed by atoms with Crippen molar-refractivity contribution in [3.8, 4) is 0 Å². The van der Waals surface area contributed by atoms with Crippen molar-refractivity contribution in [1.82, 2.24) is 10.4 Å². The lowest BCUT2D eigenvalue weighted by Crippen LogP contribution is -2.54. The van der Waals surface area contributed by atoms with Gasteiger partial charge < -0.3 is 10.5 Å². The van der Waals surface area contributed by atoms with Gasteiger partial charge in [0.05, 0.1) is 18.6 Å². The van der Waals surface area contributed by atoms with Crippen molar-refractivity contribution < 1.29 is 9.53 Å². The molecule has 0 atom stereocenters. The maximum atomic E-state index is 12.2. The Bertz CT molecular complexity index is 215. The van der Waals surface area contributed by atoms with Crippen LogP contribution in [0, 0.1) is 5.41 Å². The molecular formula is C11H23N3O2. The van der Waals surface area contributed by atoms with E-state index >= 15 is 0 Å². The first-order valence-corrected chi connectivity index (χ1v) is 6.02. The van der Waals surface area contributed by atoms with Crippen LogP contribution in [0.3, 0.4) is 0 Å². The smallest absolute Gasteiger partial charge is 0.241 e. The summed E-state index contributed by atoms with van der Waals surface area (Å²) in [5.41, 5.74) is 8.26. The van der Waals surface area contributed by atoms with Crippen molar-refractivity contribution in [3.63, 3.8) is 0 Å². The Hall–Kier alpha value is -0.650. The van der Waals surface area contributed by atoms with Crippen LogP contribution in [0.5, 0.6) is 0 Å². The maximum absolute atomic E-state index is 12.2. The van der Waals surface area contributed by atoms with Crippen LogP contribution in [-0.2, 0) is 9.53 Å². The molecule has 0 aliphatic carbocycles. The van der Waals surface area contributed by atoms with Gasteiger partial charge in [-0.15, -0.1) is 0 Å². The fourth-order valence-corrected chi connectivity index (χ4v) is 1.89. The molecule has 1 amide bonds. The summed E-state index contributed by atoms with van der Waals surface area (Å²) in [5.74, 6) is 0.0434. The van der Waals surface area contributed by atoms with Gasteiger partial charge in [0, 0.05) is 19.6 Å². The zero-order valence-corrected chi connectivity index (χ0v) is 10.3. The Morgan fingerprint density at radius 1 is 1.38 bits per heavy atom. The average molecular weight is 229 g/mol. The molecule has 1 heterocycles. The van der Waals surface area contributed by atoms with E-state index in [2.05, 4.69) is 5.43 Å². The summed E-state index contributed by atoms with van der Waals surface area (Å²) in [4.78, 5) is 12.2. The number of nitrogens with zero attached hydrogens (tertiary/aromatic N) is 1. The number of carbonyl (C=O) groups excluding carboxylic acids is 1. The van der Waals surface area contributed by atoms with E-state index in [0.717, 1.165) is 25.9 Å². The molecule has 0 radical (unpaired) electrons. The van der Waals surface area contributed by atoms with Crippen molar-refractivity contribution in [2.75, 3.05) is 32.8 Å². The number of hydrogen-bond acceptors (Lipinski definition) is 4. The quantitative estimate of drug-likeness (QED) is 0.702. The minimum absolute atomic E-state index is 0.0434. The van der Waals surface area contributed by atoms with Crippen LogP contribution in [0.25, 0.3) is 0 Å². The van der Waals surface area contributed by atoms with Gasteiger partial charge in [-0.2, -0.15) is 0 Å². The summed E-state index contributed by atoms with van der Waals surface area (Å²) in [6, 6.07) is 0. The largest absolute Gasteiger partial charge is 0.379 e. The van der Waals surface area contributed by atoms with E-state index in [-0.39, 0.29) is 5.91 Å². The predicted molar refractivity (Wildman–Crippen MR) is 62.6 cm³/mol. The van der Waals surface area contributed by atoms with Gasteiger partial charge in [0.25, 0.3) is 0 Å². The SMILES string of the molecule is CCC(CC)(CN)C(=O)NN1CCOCC1. The first-order chi connectivity index (χ1) is 7.68. The molecule has 1 aliphatic heterocycles. The molecule has 0 aromatic heterocycles. The second-order valence-electron chi connectivity index (χ2n) is 4.23. The van der Waals surface area contributed by atoms with Crippen molar-refractivity contribution in [3.05, 3.63) is 0 Å². The number of nitrogens with one attached hydrogen (secondary N) is 1. The van der Waals surface area contributed by atoms with Crippen LogP contribution < -0.4 is 11.2 Å². The Labute approximate surface area is 97.3 Å². The molecule has 0 spiro atoms. The molecule has 1 saturated heterocycles. The molecule has 3 N–H and O–H groups in total. The van der Waals surface area contributed by atoms with Crippen LogP contribution in [-0.4, -0.2) is 43.8 Å². The van der Waals surface area contributed by atoms with E-state index in [1.54, 1.807) is 0 Å². The van der Waals surface area contributed by atoms with Crippen LogP contribution in [0.2, 0.25) is 0 Å². The van der Waals surface area contributed by atoms with E-state index < -0.39 is 5.41 Å². The van der Waals surface area contributed by atoms with Crippen LogP contribution >= 0.6 is 0 Å². The lowest BCUT2D eigenvalue weighted by Gasteiger charge is -2.34. The number of morpholine rings is 1. The molecule has 5 heteroatoms. The number of ether oxygens (including phenoxy) is 1. The summed E-state index contributed by atoms with van der Waals surface area (Å²) < 4.78 is 5.23. The fraction of sp³-hybridized carbons (Fsp3) is 0.909. The number of amides is 1. The van der Waals surface area contributed by atoms with E-state index in [9.17, 15) is 4.79 Å². The standard InChI is InChI=1S/C11H23N3O2/c1-3-11(4-2,9-12)10(15)13-14-5-7-16-8-6-14/h3-9,12H2,1-2H3,(H,13,15). The molecule has 1 rings (SSSR count). The second kappa shape index (κ2) is 6.18. The molecule has 0 bridgehead atoms. The zero-order valence-electron chi connectivity index (χ0n) is 10.3. The third-order valence-corrected chi connectivity index (χ3v) is 3.50. The monoisotopic (exact) mass is 229 g/mol. The van der Waals surface area contributed by atoms with Crippen molar-refractivity contribution in [2.24, 2.45) is 11.1 Å². The van der Waals surface area contributed by atoms with Gasteiger partial charge in [0.15, 0.2) is 0 Å². The number of hydrogen-bond donors (Lipinski definition) is 2. The van der Waals surface area contributed by atoms with Gasteiger partial charge in [0.2, 0.25) is 5.91 Å². The zero-order chi connectivity index (χ0) is 12.0. The van der Waals surface area contributed by atoms with Crippen molar-refractivity contribution in [2.45, 2.75) is 26.7 Å². The van der Waals surface area contributed by atoms with Gasteiger partial charge in [-0.05, 0) is 12.8 Å². The van der Waals surface area contributed by atoms with Crippen molar-refractivity contribution in [1.29, 1.82) is 0 Å². The molecule has 0 aromatic carbocycles. The summed E-state index contributed by atoms with van der Waals surface area (Å²) in [7, 11) is 0. The van der Waals surface area contributed by atoms with Gasteiger partial charge in [0.1, 0.15) is 0 Å². The average Bonchev–Trinajstić information content (AvgIpc) is 2.33. The lowest BCUT2D eigenvalue weighted by atomic mass is 9.82. The van der Waals surface area contributed by atoms with Crippen LogP contribution in [0.1, 0.15) is 26.7 Å². The first-order valence-electron chi connectivity index (χ1n) is 6.02. The van der Waals surface area contributed by atoms with Gasteiger partial charge in [-0.25, -0.2) is 5.01 Å². The highest BCUT2D eigenvalue weighted by molar-refractivity contribution is 5.82. The van der Waals surface area contributed by atoms with E-state index in [0.29, 0.717) is 19.8 Å². The Balaban J connectivity index is 2.54. The first kappa shape index (κ1) is 13.4. The minimum atomic E-state index is -0.418. The summed E-state index contributed by atoms with van der Waals surface area (Å²) in [6.07, 6.45) is 1.55. The molecule has 5 nitrogen and oxygen atoms in total. The lowest BCUT2D eigenvalue weighted by molar-refractivity contribution is -0.138. The van der Waals surface area contributed by atoms with Gasteiger partial charge >= 0.3 is 0 Å². The Morgan fingerprint density at radius 3 is 2.38 bits per heavy atom. The van der Waals surface area contributed by atoms with Crippen LogP contribution in [0.4, 0.5) is 0 Å². The Kier molecular flexibility index (Phi) is 5.18. The summed E-state index contributed by atoms with van der Waals surface area (Å²) in [6.45, 7) is 7.27. The molecule has 1 aliphatic rings. The third kappa shape index (κ3) is 2.93. The highest BCUT2D eigenvalue weighted by Crippen LogP contribution is 2.25. The molecule has 0 unspecified atom stereocenters. The third-order valence-electron chi connectivity index (χ3n) is 3.50. The summed E-state index contributed by atoms with van der Waals surface area (Å²) >= 11 is 0. The number of hydrazine groups is 1. The topological polar surface area (TPSA) is 67.6 Å². The molecule has 1 fully saturated rings. The number of rotatable bonds is 5. The molecule has 16 heavy (non-hydrogen) atoms. The van der Waals surface area contributed by atoms with Gasteiger partial charge in [-0.3, -0.25) is 10.2 Å². The molecule has 0 aromatic rings. The molecule has 0 saturated carbocycles. The summed E-state index contributed by atoms with van der Waals surface area (Å²) in [5, 5.41) is 1.92. The van der Waals surface area contributed by atoms with E-state index in [1.165, 1.54) is 0 Å². The molecular weight excluding hydrogens is 206 g/mol. The van der Waals surface area contributed by atoms with Gasteiger partial charge in [-0.1, -0.05) is 13.8 Å². The second-order valence-corrected chi connectivity index (χ2v) is 4.23.